The van der Waals surface area contributed by atoms with Crippen LogP contribution in [0, 0.1) is 6.92 Å². The van der Waals surface area contributed by atoms with E-state index in [4.69, 9.17) is 22.7 Å². The van der Waals surface area contributed by atoms with E-state index in [1.165, 1.54) is 0 Å². The van der Waals surface area contributed by atoms with Gasteiger partial charge < -0.3 is 20.7 Å². The number of nitrogens with two attached hydrogens (primary N) is 1. The maximum atomic E-state index is 5.69. The van der Waals surface area contributed by atoms with Crippen molar-refractivity contribution in [1.82, 2.24) is 9.88 Å². The van der Waals surface area contributed by atoms with Crippen LogP contribution in [0.15, 0.2) is 12.1 Å². The molecule has 0 aliphatic rings. The first-order valence-electron chi connectivity index (χ1n) is 6.23. The predicted octanol–water partition coefficient (Wildman–Crippen LogP) is 1.01. The zero-order valence-corrected chi connectivity index (χ0v) is 12.6. The van der Waals surface area contributed by atoms with Crippen LogP contribution in [0.1, 0.15) is 11.3 Å². The number of hydrogen-bond acceptors (Lipinski definition) is 5. The first-order valence-corrected chi connectivity index (χ1v) is 6.64. The van der Waals surface area contributed by atoms with Gasteiger partial charge in [-0.15, -0.1) is 0 Å². The lowest BCUT2D eigenvalue weighted by molar-refractivity contribution is 0.163. The number of ether oxygens (including phenoxy) is 1. The van der Waals surface area contributed by atoms with Crippen LogP contribution in [0.4, 0.5) is 5.82 Å². The predicted molar refractivity (Wildman–Crippen MR) is 82.7 cm³/mol. The number of likely N-dealkylation sites (N-methyl/N-ethyl adjacent to an activating group) is 1. The number of nitrogens with one attached hydrogen (secondary N) is 1. The van der Waals surface area contributed by atoms with Crippen LogP contribution in [0.25, 0.3) is 0 Å². The Morgan fingerprint density at radius 3 is 2.84 bits per heavy atom. The highest BCUT2D eigenvalue weighted by atomic mass is 32.1. The number of methoxy groups -OCH3 is 1. The molecule has 1 rings (SSSR count). The van der Waals surface area contributed by atoms with E-state index in [9.17, 15) is 0 Å². The van der Waals surface area contributed by atoms with Crippen molar-refractivity contribution < 1.29 is 4.74 Å². The van der Waals surface area contributed by atoms with Crippen LogP contribution in [0.3, 0.4) is 0 Å². The van der Waals surface area contributed by atoms with Crippen molar-refractivity contribution in [3.8, 4) is 0 Å². The Labute approximate surface area is 120 Å². The summed E-state index contributed by atoms with van der Waals surface area (Å²) in [5, 5.41) is 3.28. The largest absolute Gasteiger partial charge is 0.389 e. The number of aromatic nitrogens is 1. The third-order valence-electron chi connectivity index (χ3n) is 2.76. The van der Waals surface area contributed by atoms with E-state index >= 15 is 0 Å². The molecule has 1 heterocycles. The molecule has 3 N–H and O–H groups in total. The average Bonchev–Trinajstić information content (AvgIpc) is 2.36. The summed E-state index contributed by atoms with van der Waals surface area (Å²) in [6, 6.07) is 3.81. The van der Waals surface area contributed by atoms with Crippen LogP contribution >= 0.6 is 12.2 Å². The highest BCUT2D eigenvalue weighted by Gasteiger charge is 2.07. The molecule has 6 heteroatoms. The first-order chi connectivity index (χ1) is 9.04. The van der Waals surface area contributed by atoms with E-state index in [-0.39, 0.29) is 0 Å². The van der Waals surface area contributed by atoms with E-state index < -0.39 is 0 Å². The second kappa shape index (κ2) is 8.04. The number of thiocarbonyl (C=S) groups is 1. The van der Waals surface area contributed by atoms with E-state index in [1.807, 2.05) is 19.1 Å². The number of aryl methyl sites for hydroxylation is 1. The molecule has 1 aromatic rings. The molecule has 0 unspecified atom stereocenters. The Morgan fingerprint density at radius 2 is 2.21 bits per heavy atom. The van der Waals surface area contributed by atoms with Crippen molar-refractivity contribution in [2.45, 2.75) is 6.92 Å². The molecule has 0 atom stereocenters. The monoisotopic (exact) mass is 282 g/mol. The SMILES string of the molecule is COCCN(C)CCNc1nc(C)ccc1C(N)=S. The molecular formula is C13H22N4OS. The molecule has 0 aliphatic carbocycles. The Bertz CT molecular complexity index is 425. The summed E-state index contributed by atoms with van der Waals surface area (Å²) in [6.45, 7) is 5.26. The van der Waals surface area contributed by atoms with Gasteiger partial charge in [0, 0.05) is 32.4 Å². The van der Waals surface area contributed by atoms with Gasteiger partial charge >= 0.3 is 0 Å². The van der Waals surface area contributed by atoms with Crippen molar-refractivity contribution in [3.63, 3.8) is 0 Å². The number of anilines is 1. The van der Waals surface area contributed by atoms with Gasteiger partial charge in [0.15, 0.2) is 0 Å². The van der Waals surface area contributed by atoms with Crippen molar-refractivity contribution in [1.29, 1.82) is 0 Å². The zero-order valence-electron chi connectivity index (χ0n) is 11.8. The standard InChI is InChI=1S/C13H22N4OS/c1-10-4-5-11(12(14)19)13(16-10)15-6-7-17(2)8-9-18-3/h4-5H,6-9H2,1-3H3,(H2,14,19)(H,15,16). The van der Waals surface area contributed by atoms with Gasteiger partial charge in [0.2, 0.25) is 0 Å². The quantitative estimate of drug-likeness (QED) is 0.694. The van der Waals surface area contributed by atoms with Crippen molar-refractivity contribution in [2.75, 3.05) is 45.7 Å². The lowest BCUT2D eigenvalue weighted by atomic mass is 10.2. The lowest BCUT2D eigenvalue weighted by Crippen LogP contribution is -2.29. The number of pyridine rings is 1. The summed E-state index contributed by atoms with van der Waals surface area (Å²) in [5.41, 5.74) is 7.42. The van der Waals surface area contributed by atoms with Gasteiger partial charge in [0.25, 0.3) is 0 Å². The van der Waals surface area contributed by atoms with Crippen molar-refractivity contribution in [2.24, 2.45) is 5.73 Å². The first kappa shape index (κ1) is 15.8. The molecule has 19 heavy (non-hydrogen) atoms. The summed E-state index contributed by atoms with van der Waals surface area (Å²) in [4.78, 5) is 6.98. The van der Waals surface area contributed by atoms with Crippen molar-refractivity contribution in [3.05, 3.63) is 23.4 Å². The second-order valence-corrected chi connectivity index (χ2v) is 4.88. The third-order valence-corrected chi connectivity index (χ3v) is 2.98. The lowest BCUT2D eigenvalue weighted by Gasteiger charge is -2.17. The topological polar surface area (TPSA) is 63.4 Å². The number of rotatable bonds is 8. The molecule has 0 saturated heterocycles. The second-order valence-electron chi connectivity index (χ2n) is 4.44. The Hall–Kier alpha value is -1.24. The molecule has 1 aromatic heterocycles. The molecule has 0 spiro atoms. The Kier molecular flexibility index (Phi) is 6.69. The minimum absolute atomic E-state index is 0.364. The summed E-state index contributed by atoms with van der Waals surface area (Å²) >= 11 is 5.02. The maximum absolute atomic E-state index is 5.69. The fourth-order valence-corrected chi connectivity index (χ4v) is 1.78. The molecule has 5 nitrogen and oxygen atoms in total. The van der Waals surface area contributed by atoms with Gasteiger partial charge in [-0.1, -0.05) is 12.2 Å². The Balaban J connectivity index is 2.52. The Morgan fingerprint density at radius 1 is 1.47 bits per heavy atom. The molecule has 0 bridgehead atoms. The van der Waals surface area contributed by atoms with Gasteiger partial charge in [0.05, 0.1) is 12.2 Å². The third kappa shape index (κ3) is 5.50. The normalized spacial score (nSPS) is 10.7. The van der Waals surface area contributed by atoms with E-state index in [0.29, 0.717) is 4.99 Å². The number of hydrogen-bond donors (Lipinski definition) is 2. The molecule has 0 saturated carbocycles. The van der Waals surface area contributed by atoms with Gasteiger partial charge in [0.1, 0.15) is 10.8 Å². The van der Waals surface area contributed by atoms with Gasteiger partial charge in [-0.2, -0.15) is 0 Å². The smallest absolute Gasteiger partial charge is 0.136 e. The summed E-state index contributed by atoms with van der Waals surface area (Å²) in [5.74, 6) is 0.757. The van der Waals surface area contributed by atoms with Crippen LogP contribution in [0.5, 0.6) is 0 Å². The van der Waals surface area contributed by atoms with Gasteiger partial charge in [-0.05, 0) is 26.1 Å². The highest BCUT2D eigenvalue weighted by Crippen LogP contribution is 2.12. The molecule has 0 amide bonds. The zero-order chi connectivity index (χ0) is 14.3. The van der Waals surface area contributed by atoms with Crippen LogP contribution in [0.2, 0.25) is 0 Å². The highest BCUT2D eigenvalue weighted by molar-refractivity contribution is 7.80. The fourth-order valence-electron chi connectivity index (χ4n) is 1.61. The summed E-state index contributed by atoms with van der Waals surface area (Å²) < 4.78 is 5.04. The molecule has 106 valence electrons. The maximum Gasteiger partial charge on any atom is 0.136 e. The van der Waals surface area contributed by atoms with E-state index in [0.717, 1.165) is 43.3 Å². The fraction of sp³-hybridized carbons (Fsp3) is 0.538. The van der Waals surface area contributed by atoms with Crippen LogP contribution in [-0.4, -0.2) is 55.3 Å². The van der Waals surface area contributed by atoms with E-state index in [1.54, 1.807) is 7.11 Å². The molecular weight excluding hydrogens is 260 g/mol. The molecule has 0 radical (unpaired) electrons. The number of nitrogens with zero attached hydrogens (tertiary/aromatic N) is 2. The minimum Gasteiger partial charge on any atom is -0.389 e. The summed E-state index contributed by atoms with van der Waals surface area (Å²) in [6.07, 6.45) is 0. The van der Waals surface area contributed by atoms with Gasteiger partial charge in [-0.25, -0.2) is 4.98 Å². The average molecular weight is 282 g/mol. The summed E-state index contributed by atoms with van der Waals surface area (Å²) in [7, 11) is 3.76. The van der Waals surface area contributed by atoms with Crippen molar-refractivity contribution >= 4 is 23.0 Å². The van der Waals surface area contributed by atoms with Gasteiger partial charge in [-0.3, -0.25) is 0 Å². The molecule has 0 aliphatic heterocycles. The van der Waals surface area contributed by atoms with Crippen LogP contribution in [-0.2, 0) is 4.74 Å². The minimum atomic E-state index is 0.364. The van der Waals surface area contributed by atoms with Crippen LogP contribution < -0.4 is 11.1 Å². The molecule has 0 fully saturated rings. The molecule has 0 aromatic carbocycles. The van der Waals surface area contributed by atoms with E-state index in [2.05, 4.69) is 22.2 Å².